The summed E-state index contributed by atoms with van der Waals surface area (Å²) in [4.78, 5) is 24.2. The van der Waals surface area contributed by atoms with Crippen LogP contribution in [0, 0.1) is 5.92 Å². The van der Waals surface area contributed by atoms with Gasteiger partial charge >= 0.3 is 0 Å². The predicted octanol–water partition coefficient (Wildman–Crippen LogP) is 4.63. The maximum absolute atomic E-state index is 12.3. The van der Waals surface area contributed by atoms with Crippen LogP contribution >= 0.6 is 23.2 Å². The first-order valence-electron chi connectivity index (χ1n) is 7.52. The molecule has 0 saturated heterocycles. The van der Waals surface area contributed by atoms with Gasteiger partial charge in [0.1, 0.15) is 0 Å². The molecule has 0 spiro atoms. The molecule has 2 N–H and O–H groups in total. The molecule has 0 bridgehead atoms. The summed E-state index contributed by atoms with van der Waals surface area (Å²) in [5.74, 6) is -0.108. The van der Waals surface area contributed by atoms with Gasteiger partial charge in [-0.1, -0.05) is 43.1 Å². The molecule has 6 heteroatoms. The third-order valence-corrected chi connectivity index (χ3v) is 4.10. The van der Waals surface area contributed by atoms with E-state index in [2.05, 4.69) is 10.6 Å². The van der Waals surface area contributed by atoms with Crippen LogP contribution in [0.25, 0.3) is 0 Å². The van der Waals surface area contributed by atoms with Crippen molar-refractivity contribution in [2.45, 2.75) is 13.8 Å². The largest absolute Gasteiger partial charge is 0.352 e. The van der Waals surface area contributed by atoms with Gasteiger partial charge in [0.25, 0.3) is 11.8 Å². The molecule has 2 rings (SSSR count). The first-order valence-corrected chi connectivity index (χ1v) is 8.27. The van der Waals surface area contributed by atoms with Gasteiger partial charge in [-0.15, -0.1) is 0 Å². The third-order valence-electron chi connectivity index (χ3n) is 3.28. The number of hydrogen-bond donors (Lipinski definition) is 2. The summed E-state index contributed by atoms with van der Waals surface area (Å²) in [6.45, 7) is 4.65. The van der Waals surface area contributed by atoms with Gasteiger partial charge < -0.3 is 10.6 Å². The van der Waals surface area contributed by atoms with Gasteiger partial charge in [-0.3, -0.25) is 9.59 Å². The van der Waals surface area contributed by atoms with Crippen molar-refractivity contribution in [3.05, 3.63) is 63.6 Å². The van der Waals surface area contributed by atoms with Gasteiger partial charge in [-0.05, 0) is 42.3 Å². The Bertz CT molecular complexity index is 743. The highest BCUT2D eigenvalue weighted by Crippen LogP contribution is 2.29. The maximum Gasteiger partial charge on any atom is 0.255 e. The van der Waals surface area contributed by atoms with E-state index >= 15 is 0 Å². The molecule has 0 radical (unpaired) electrons. The summed E-state index contributed by atoms with van der Waals surface area (Å²) in [6.07, 6.45) is 0. The summed E-state index contributed by atoms with van der Waals surface area (Å²) in [6, 6.07) is 11.4. The van der Waals surface area contributed by atoms with Gasteiger partial charge in [-0.25, -0.2) is 0 Å². The van der Waals surface area contributed by atoms with E-state index < -0.39 is 0 Å². The lowest BCUT2D eigenvalue weighted by Gasteiger charge is -2.10. The Balaban J connectivity index is 2.06. The van der Waals surface area contributed by atoms with Gasteiger partial charge in [0.05, 0.1) is 15.7 Å². The molecule has 0 aromatic heterocycles. The van der Waals surface area contributed by atoms with E-state index in [0.29, 0.717) is 34.3 Å². The number of anilines is 1. The molecule has 0 heterocycles. The fraction of sp³-hybridized carbons (Fsp3) is 0.222. The number of benzene rings is 2. The molecule has 2 amide bonds. The molecule has 24 heavy (non-hydrogen) atoms. The fourth-order valence-electron chi connectivity index (χ4n) is 1.97. The highest BCUT2D eigenvalue weighted by atomic mass is 35.5. The van der Waals surface area contributed by atoms with E-state index in [-0.39, 0.29) is 16.8 Å². The minimum absolute atomic E-state index is 0.159. The molecule has 2 aromatic rings. The van der Waals surface area contributed by atoms with Crippen molar-refractivity contribution in [3.8, 4) is 0 Å². The second-order valence-electron chi connectivity index (χ2n) is 5.74. The topological polar surface area (TPSA) is 58.2 Å². The number of halogens is 2. The first kappa shape index (κ1) is 18.3. The van der Waals surface area contributed by atoms with Crippen LogP contribution in [0.4, 0.5) is 5.69 Å². The number of carbonyl (C=O) groups is 2. The highest BCUT2D eigenvalue weighted by Gasteiger charge is 2.12. The van der Waals surface area contributed by atoms with Crippen molar-refractivity contribution in [2.75, 3.05) is 11.9 Å². The van der Waals surface area contributed by atoms with Crippen molar-refractivity contribution < 1.29 is 9.59 Å². The SMILES string of the molecule is CC(C)CNC(=O)c1ccc(C(=O)Nc2cccc(Cl)c2Cl)cc1. The zero-order valence-electron chi connectivity index (χ0n) is 13.4. The lowest BCUT2D eigenvalue weighted by atomic mass is 10.1. The van der Waals surface area contributed by atoms with Crippen LogP contribution in [-0.2, 0) is 0 Å². The van der Waals surface area contributed by atoms with E-state index in [0.717, 1.165) is 0 Å². The van der Waals surface area contributed by atoms with Crippen molar-refractivity contribution in [1.29, 1.82) is 0 Å². The number of hydrogen-bond acceptors (Lipinski definition) is 2. The van der Waals surface area contributed by atoms with E-state index in [1.54, 1.807) is 42.5 Å². The minimum atomic E-state index is -0.326. The average molecular weight is 365 g/mol. The van der Waals surface area contributed by atoms with E-state index in [1.807, 2.05) is 13.8 Å². The molecule has 4 nitrogen and oxygen atoms in total. The normalized spacial score (nSPS) is 10.5. The molecule has 0 atom stereocenters. The van der Waals surface area contributed by atoms with Crippen molar-refractivity contribution in [2.24, 2.45) is 5.92 Å². The molecule has 0 unspecified atom stereocenters. The molecule has 0 aliphatic carbocycles. The number of amides is 2. The van der Waals surface area contributed by atoms with E-state index in [4.69, 9.17) is 23.2 Å². The molecule has 0 saturated carbocycles. The quantitative estimate of drug-likeness (QED) is 0.812. The van der Waals surface area contributed by atoms with Crippen LogP contribution in [0.5, 0.6) is 0 Å². The van der Waals surface area contributed by atoms with Gasteiger partial charge in [0, 0.05) is 17.7 Å². The van der Waals surface area contributed by atoms with Crippen LogP contribution in [0.3, 0.4) is 0 Å². The summed E-state index contributed by atoms with van der Waals surface area (Å²) in [7, 11) is 0. The molecule has 0 aliphatic heterocycles. The minimum Gasteiger partial charge on any atom is -0.352 e. The van der Waals surface area contributed by atoms with Crippen LogP contribution in [0.15, 0.2) is 42.5 Å². The van der Waals surface area contributed by atoms with E-state index in [9.17, 15) is 9.59 Å². The first-order chi connectivity index (χ1) is 11.4. The summed E-state index contributed by atoms with van der Waals surface area (Å²) in [5.41, 5.74) is 1.37. The van der Waals surface area contributed by atoms with Gasteiger partial charge in [-0.2, -0.15) is 0 Å². The lowest BCUT2D eigenvalue weighted by molar-refractivity contribution is 0.0947. The second-order valence-corrected chi connectivity index (χ2v) is 6.52. The van der Waals surface area contributed by atoms with Crippen LogP contribution < -0.4 is 10.6 Å². The monoisotopic (exact) mass is 364 g/mol. The number of rotatable bonds is 5. The predicted molar refractivity (Wildman–Crippen MR) is 98.0 cm³/mol. The molecular weight excluding hydrogens is 347 g/mol. The van der Waals surface area contributed by atoms with Crippen LogP contribution in [0.2, 0.25) is 10.0 Å². The molecule has 2 aromatic carbocycles. The number of carbonyl (C=O) groups excluding carboxylic acids is 2. The third kappa shape index (κ3) is 4.73. The molecule has 0 aliphatic rings. The molecule has 0 fully saturated rings. The molecule has 126 valence electrons. The Kier molecular flexibility index (Phi) is 6.23. The Morgan fingerprint density at radius 1 is 0.958 bits per heavy atom. The van der Waals surface area contributed by atoms with Crippen LogP contribution in [-0.4, -0.2) is 18.4 Å². The van der Waals surface area contributed by atoms with E-state index in [1.165, 1.54) is 0 Å². The van der Waals surface area contributed by atoms with Crippen molar-refractivity contribution in [1.82, 2.24) is 5.32 Å². The summed E-state index contributed by atoms with van der Waals surface area (Å²) in [5, 5.41) is 6.19. The summed E-state index contributed by atoms with van der Waals surface area (Å²) >= 11 is 12.0. The Morgan fingerprint density at radius 3 is 2.12 bits per heavy atom. The Morgan fingerprint density at radius 2 is 1.54 bits per heavy atom. The smallest absolute Gasteiger partial charge is 0.255 e. The molecular formula is C18H18Cl2N2O2. The number of nitrogens with one attached hydrogen (secondary N) is 2. The average Bonchev–Trinajstić information content (AvgIpc) is 2.57. The zero-order valence-corrected chi connectivity index (χ0v) is 14.9. The van der Waals surface area contributed by atoms with Crippen molar-refractivity contribution >= 4 is 40.7 Å². The van der Waals surface area contributed by atoms with Gasteiger partial charge in [0.2, 0.25) is 0 Å². The highest BCUT2D eigenvalue weighted by molar-refractivity contribution is 6.44. The van der Waals surface area contributed by atoms with Gasteiger partial charge in [0.15, 0.2) is 0 Å². The maximum atomic E-state index is 12.3. The Hall–Kier alpha value is -2.04. The lowest BCUT2D eigenvalue weighted by Crippen LogP contribution is -2.27. The van der Waals surface area contributed by atoms with Crippen LogP contribution in [0.1, 0.15) is 34.6 Å². The zero-order chi connectivity index (χ0) is 17.7. The summed E-state index contributed by atoms with van der Waals surface area (Å²) < 4.78 is 0. The second kappa shape index (κ2) is 8.18. The standard InChI is InChI=1S/C18H18Cl2N2O2/c1-11(2)10-21-17(23)12-6-8-13(9-7-12)18(24)22-15-5-3-4-14(19)16(15)20/h3-9,11H,10H2,1-2H3,(H,21,23)(H,22,24). The fourth-order valence-corrected chi connectivity index (χ4v) is 2.31. The Labute approximate surface area is 151 Å². The van der Waals surface area contributed by atoms with Crippen molar-refractivity contribution in [3.63, 3.8) is 0 Å².